The quantitative estimate of drug-likeness (QED) is 0.779. The van der Waals surface area contributed by atoms with Gasteiger partial charge in [-0.15, -0.1) is 0 Å². The molecule has 0 aromatic heterocycles. The molecule has 5 aliphatic rings. The molecule has 0 aliphatic heterocycles. The lowest BCUT2D eigenvalue weighted by atomic mass is 9.37. The first-order valence-electron chi connectivity index (χ1n) is 10.4. The molecule has 5 aliphatic carbocycles. The highest BCUT2D eigenvalue weighted by Gasteiger charge is 2.71. The summed E-state index contributed by atoms with van der Waals surface area (Å²) in [6.07, 6.45) is 5.67. The van der Waals surface area contributed by atoms with Gasteiger partial charge in [-0.1, -0.05) is 12.1 Å². The average molecular weight is 388 g/mol. The average Bonchev–Trinajstić information content (AvgIpc) is 2.68. The highest BCUT2D eigenvalue weighted by molar-refractivity contribution is 7.34. The highest BCUT2D eigenvalue weighted by atomic mass is 31.1. The molecule has 0 saturated heterocycles. The van der Waals surface area contributed by atoms with E-state index in [0.29, 0.717) is 24.7 Å². The van der Waals surface area contributed by atoms with Gasteiger partial charge in [0.05, 0.1) is 12.2 Å². The van der Waals surface area contributed by atoms with Gasteiger partial charge in [0.15, 0.2) is 8.46 Å². The Morgan fingerprint density at radius 1 is 1.07 bits per heavy atom. The summed E-state index contributed by atoms with van der Waals surface area (Å²) in [6, 6.07) is 7.85. The smallest absolute Gasteiger partial charge is 0.192 e. The molecule has 1 spiro atoms. The van der Waals surface area contributed by atoms with Gasteiger partial charge in [0.1, 0.15) is 5.60 Å². The van der Waals surface area contributed by atoms with Crippen molar-refractivity contribution < 1.29 is 19.5 Å². The van der Waals surface area contributed by atoms with Crippen molar-refractivity contribution in [3.8, 4) is 0 Å². The van der Waals surface area contributed by atoms with Crippen LogP contribution >= 0.6 is 8.46 Å². The molecule has 0 amide bonds. The molecule has 4 nitrogen and oxygen atoms in total. The predicted molar refractivity (Wildman–Crippen MR) is 103 cm³/mol. The van der Waals surface area contributed by atoms with Crippen LogP contribution in [0.25, 0.3) is 0 Å². The first-order chi connectivity index (χ1) is 13.0. The third-order valence-electron chi connectivity index (χ3n) is 8.60. The topological polar surface area (TPSA) is 66.8 Å². The Morgan fingerprint density at radius 2 is 1.74 bits per heavy atom. The van der Waals surface area contributed by atoms with Crippen molar-refractivity contribution in [3.63, 3.8) is 0 Å². The lowest BCUT2D eigenvalue weighted by molar-refractivity contribution is -0.307. The molecule has 6 rings (SSSR count). The van der Waals surface area contributed by atoms with Gasteiger partial charge in [-0.2, -0.15) is 0 Å². The molecule has 3 atom stereocenters. The van der Waals surface area contributed by atoms with Crippen LogP contribution in [0.2, 0.25) is 0 Å². The number of rotatable bonds is 3. The highest BCUT2D eigenvalue weighted by Crippen LogP contribution is 2.72. The second-order valence-corrected chi connectivity index (χ2v) is 10.2. The molecule has 5 saturated carbocycles. The molecule has 3 unspecified atom stereocenters. The van der Waals surface area contributed by atoms with E-state index in [1.54, 1.807) is 7.11 Å². The third kappa shape index (κ3) is 2.28. The number of ether oxygens (including phenoxy) is 1. The Labute approximate surface area is 162 Å². The van der Waals surface area contributed by atoms with Crippen molar-refractivity contribution in [2.45, 2.75) is 62.8 Å². The van der Waals surface area contributed by atoms with Crippen LogP contribution in [0.15, 0.2) is 24.3 Å². The van der Waals surface area contributed by atoms with Crippen LogP contribution in [0.1, 0.15) is 50.5 Å². The minimum Gasteiger partial charge on any atom is -0.390 e. The second-order valence-electron chi connectivity index (χ2n) is 9.46. The number of aliphatic hydroxyl groups is 2. The first-order valence-corrected chi connectivity index (χ1v) is 11.2. The summed E-state index contributed by atoms with van der Waals surface area (Å²) in [4.78, 5) is 0. The fourth-order valence-corrected chi connectivity index (χ4v) is 8.33. The van der Waals surface area contributed by atoms with Gasteiger partial charge < -0.3 is 14.9 Å². The van der Waals surface area contributed by atoms with Crippen LogP contribution < -0.4 is 5.30 Å². The van der Waals surface area contributed by atoms with E-state index in [0.717, 1.165) is 48.4 Å². The summed E-state index contributed by atoms with van der Waals surface area (Å²) in [5, 5.41) is 23.0. The SMILES string of the molecule is COC1(c2cccc(P=O)c2)CCC(O)C(O)C12C1CC3CC(C1)CC2C3. The summed E-state index contributed by atoms with van der Waals surface area (Å²) in [5.74, 6) is 2.30. The van der Waals surface area contributed by atoms with Crippen molar-refractivity contribution in [2.24, 2.45) is 29.1 Å². The Morgan fingerprint density at radius 3 is 2.33 bits per heavy atom. The number of methoxy groups -OCH3 is 1. The van der Waals surface area contributed by atoms with E-state index in [4.69, 9.17) is 4.74 Å². The van der Waals surface area contributed by atoms with Crippen molar-refractivity contribution in [1.29, 1.82) is 0 Å². The van der Waals surface area contributed by atoms with Gasteiger partial charge >= 0.3 is 0 Å². The van der Waals surface area contributed by atoms with E-state index < -0.39 is 23.2 Å². The van der Waals surface area contributed by atoms with Crippen LogP contribution in [-0.2, 0) is 14.9 Å². The van der Waals surface area contributed by atoms with Gasteiger partial charge in [0, 0.05) is 17.8 Å². The fourth-order valence-electron chi connectivity index (χ4n) is 7.99. The van der Waals surface area contributed by atoms with E-state index in [1.165, 1.54) is 6.42 Å². The van der Waals surface area contributed by atoms with Crippen LogP contribution in [0.4, 0.5) is 0 Å². The van der Waals surface area contributed by atoms with Gasteiger partial charge in [-0.05, 0) is 86.3 Å². The van der Waals surface area contributed by atoms with Crippen molar-refractivity contribution in [3.05, 3.63) is 29.8 Å². The Balaban J connectivity index is 1.72. The number of aliphatic hydroxyl groups excluding tert-OH is 2. The first kappa shape index (κ1) is 18.2. The maximum absolute atomic E-state index is 11.5. The van der Waals surface area contributed by atoms with E-state index >= 15 is 0 Å². The standard InChI is InChI=1S/C22H29O4P/c1-26-21(15-3-2-4-18(12-15)27-25)6-5-19(23)20(24)22(21)16-8-13-7-14(10-16)11-17(22)9-13/h2-4,12-14,16-17,19-20,23-24H,5-11H2,1H3. The Bertz CT molecular complexity index is 722. The molecule has 1 aromatic carbocycles. The molecule has 0 radical (unpaired) electrons. The van der Waals surface area contributed by atoms with Crippen molar-refractivity contribution >= 4 is 13.8 Å². The second kappa shape index (κ2) is 6.35. The summed E-state index contributed by atoms with van der Waals surface area (Å²) >= 11 is 0. The zero-order valence-corrected chi connectivity index (χ0v) is 16.8. The van der Waals surface area contributed by atoms with Gasteiger partial charge in [0.25, 0.3) is 0 Å². The monoisotopic (exact) mass is 388 g/mol. The molecule has 27 heavy (non-hydrogen) atoms. The summed E-state index contributed by atoms with van der Waals surface area (Å²) in [7, 11) is 1.77. The lowest BCUT2D eigenvalue weighted by Gasteiger charge is -2.70. The minimum absolute atomic E-state index is 0.00317. The molecule has 2 N–H and O–H groups in total. The molecular formula is C22H29O4P. The van der Waals surface area contributed by atoms with Crippen LogP contribution in [0.5, 0.6) is 0 Å². The van der Waals surface area contributed by atoms with E-state index in [2.05, 4.69) is 6.07 Å². The van der Waals surface area contributed by atoms with E-state index in [-0.39, 0.29) is 8.46 Å². The van der Waals surface area contributed by atoms with Gasteiger partial charge in [-0.25, -0.2) is 0 Å². The summed E-state index contributed by atoms with van der Waals surface area (Å²) < 4.78 is 17.9. The van der Waals surface area contributed by atoms with Crippen LogP contribution in [0, 0.1) is 29.1 Å². The molecule has 0 heterocycles. The van der Waals surface area contributed by atoms with E-state index in [9.17, 15) is 14.8 Å². The molecule has 4 bridgehead atoms. The van der Waals surface area contributed by atoms with E-state index in [1.807, 2.05) is 18.2 Å². The van der Waals surface area contributed by atoms with Crippen LogP contribution in [0.3, 0.4) is 0 Å². The third-order valence-corrected chi connectivity index (χ3v) is 9.09. The maximum atomic E-state index is 11.5. The normalized spacial score (nSPS) is 48.4. The summed E-state index contributed by atoms with van der Waals surface area (Å²) in [5.41, 5.74) is -0.0653. The zero-order valence-electron chi connectivity index (χ0n) is 15.9. The molecule has 1 aromatic rings. The Kier molecular flexibility index (Phi) is 4.29. The largest absolute Gasteiger partial charge is 0.390 e. The van der Waals surface area contributed by atoms with Crippen molar-refractivity contribution in [1.82, 2.24) is 0 Å². The van der Waals surface area contributed by atoms with Gasteiger partial charge in [0.2, 0.25) is 0 Å². The van der Waals surface area contributed by atoms with Gasteiger partial charge in [-0.3, -0.25) is 4.57 Å². The van der Waals surface area contributed by atoms with Crippen molar-refractivity contribution in [2.75, 3.05) is 7.11 Å². The maximum Gasteiger partial charge on any atom is 0.192 e. The molecule has 5 fully saturated rings. The summed E-state index contributed by atoms with van der Waals surface area (Å²) in [6.45, 7) is 0. The number of hydrogen-bond donors (Lipinski definition) is 2. The predicted octanol–water partition coefficient (Wildman–Crippen LogP) is 3.40. The number of hydrogen-bond acceptors (Lipinski definition) is 4. The minimum atomic E-state index is -0.769. The number of benzene rings is 1. The molecular weight excluding hydrogens is 359 g/mol. The lowest BCUT2D eigenvalue weighted by Crippen LogP contribution is -2.71. The zero-order chi connectivity index (χ0) is 18.8. The Hall–Kier alpha value is -0.800. The fraction of sp³-hybridized carbons (Fsp3) is 0.727. The molecule has 146 valence electrons. The van der Waals surface area contributed by atoms with Crippen LogP contribution in [-0.4, -0.2) is 29.5 Å². The molecule has 5 heteroatoms.